The number of benzene rings is 1. The highest BCUT2D eigenvalue weighted by Crippen LogP contribution is 2.16. The zero-order valence-electron chi connectivity index (χ0n) is 11.0. The summed E-state index contributed by atoms with van der Waals surface area (Å²) in [6.07, 6.45) is 0. The van der Waals surface area contributed by atoms with Gasteiger partial charge in [0.25, 0.3) is 0 Å². The van der Waals surface area contributed by atoms with Gasteiger partial charge in [-0.05, 0) is 29.8 Å². The van der Waals surface area contributed by atoms with E-state index in [9.17, 15) is 0 Å². The number of anilines is 1. The Labute approximate surface area is 112 Å². The first kappa shape index (κ1) is 12.9. The molecule has 0 spiro atoms. The van der Waals surface area contributed by atoms with Gasteiger partial charge in [-0.25, -0.2) is 4.98 Å². The van der Waals surface area contributed by atoms with E-state index in [0.29, 0.717) is 5.69 Å². The van der Waals surface area contributed by atoms with Crippen molar-refractivity contribution in [2.24, 2.45) is 0 Å². The van der Waals surface area contributed by atoms with Crippen molar-refractivity contribution in [3.8, 4) is 11.8 Å². The molecular weight excluding hydrogens is 238 g/mol. The summed E-state index contributed by atoms with van der Waals surface area (Å²) >= 11 is 0. The van der Waals surface area contributed by atoms with E-state index in [2.05, 4.69) is 4.98 Å². The van der Waals surface area contributed by atoms with Gasteiger partial charge in [0.1, 0.15) is 23.3 Å². The second kappa shape index (κ2) is 5.87. The number of nitriles is 1. The van der Waals surface area contributed by atoms with Crippen LogP contribution in [0.15, 0.2) is 42.5 Å². The highest BCUT2D eigenvalue weighted by atomic mass is 16.5. The summed E-state index contributed by atoms with van der Waals surface area (Å²) in [6.45, 7) is 0.728. The first-order chi connectivity index (χ1) is 9.22. The molecule has 0 atom stereocenters. The SMILES string of the molecule is COc1ccc(CN(C)c2cccc(C#N)n2)cc1. The molecule has 96 valence electrons. The van der Waals surface area contributed by atoms with Crippen LogP contribution in [-0.4, -0.2) is 19.1 Å². The van der Waals surface area contributed by atoms with E-state index in [1.54, 1.807) is 13.2 Å². The highest BCUT2D eigenvalue weighted by Gasteiger charge is 2.04. The van der Waals surface area contributed by atoms with Crippen molar-refractivity contribution < 1.29 is 4.74 Å². The quantitative estimate of drug-likeness (QED) is 0.840. The van der Waals surface area contributed by atoms with Gasteiger partial charge in [-0.2, -0.15) is 5.26 Å². The molecule has 0 radical (unpaired) electrons. The van der Waals surface area contributed by atoms with Crippen LogP contribution in [0.4, 0.5) is 5.82 Å². The average molecular weight is 253 g/mol. The second-order valence-corrected chi connectivity index (χ2v) is 4.20. The zero-order valence-corrected chi connectivity index (χ0v) is 11.0. The molecule has 4 heteroatoms. The third-order valence-corrected chi connectivity index (χ3v) is 2.82. The van der Waals surface area contributed by atoms with E-state index in [1.807, 2.05) is 54.4 Å². The van der Waals surface area contributed by atoms with E-state index in [1.165, 1.54) is 0 Å². The van der Waals surface area contributed by atoms with Crippen LogP contribution >= 0.6 is 0 Å². The summed E-state index contributed by atoms with van der Waals surface area (Å²) in [4.78, 5) is 6.26. The van der Waals surface area contributed by atoms with Crippen molar-refractivity contribution in [1.82, 2.24) is 4.98 Å². The Kier molecular flexibility index (Phi) is 3.99. The van der Waals surface area contributed by atoms with E-state index < -0.39 is 0 Å². The van der Waals surface area contributed by atoms with Crippen molar-refractivity contribution in [3.05, 3.63) is 53.7 Å². The van der Waals surface area contributed by atoms with E-state index in [4.69, 9.17) is 10.00 Å². The monoisotopic (exact) mass is 253 g/mol. The lowest BCUT2D eigenvalue weighted by Gasteiger charge is -2.18. The normalized spacial score (nSPS) is 9.74. The number of nitrogens with zero attached hydrogens (tertiary/aromatic N) is 3. The van der Waals surface area contributed by atoms with Gasteiger partial charge in [0, 0.05) is 13.6 Å². The third-order valence-electron chi connectivity index (χ3n) is 2.82. The zero-order chi connectivity index (χ0) is 13.7. The predicted octanol–water partition coefficient (Wildman–Crippen LogP) is 2.60. The summed E-state index contributed by atoms with van der Waals surface area (Å²) in [7, 11) is 3.60. The van der Waals surface area contributed by atoms with Crippen molar-refractivity contribution in [2.45, 2.75) is 6.54 Å². The van der Waals surface area contributed by atoms with Crippen molar-refractivity contribution in [2.75, 3.05) is 19.1 Å². The predicted molar refractivity (Wildman–Crippen MR) is 74.1 cm³/mol. The van der Waals surface area contributed by atoms with E-state index in [-0.39, 0.29) is 0 Å². The maximum Gasteiger partial charge on any atom is 0.142 e. The largest absolute Gasteiger partial charge is 0.497 e. The molecule has 1 aromatic heterocycles. The molecule has 19 heavy (non-hydrogen) atoms. The molecule has 0 unspecified atom stereocenters. The van der Waals surface area contributed by atoms with Crippen molar-refractivity contribution >= 4 is 5.82 Å². The van der Waals surface area contributed by atoms with Gasteiger partial charge in [-0.15, -0.1) is 0 Å². The number of aromatic nitrogens is 1. The molecule has 0 aliphatic heterocycles. The number of hydrogen-bond acceptors (Lipinski definition) is 4. The maximum absolute atomic E-state index is 8.85. The minimum absolute atomic E-state index is 0.430. The van der Waals surface area contributed by atoms with Gasteiger partial charge in [0.15, 0.2) is 0 Å². The summed E-state index contributed by atoms with van der Waals surface area (Å²) in [5.74, 6) is 1.63. The molecule has 2 rings (SSSR count). The van der Waals surface area contributed by atoms with Gasteiger partial charge in [0.2, 0.25) is 0 Å². The van der Waals surface area contributed by atoms with Gasteiger partial charge < -0.3 is 9.64 Å². The fraction of sp³-hybridized carbons (Fsp3) is 0.200. The molecular formula is C15H15N3O. The topological polar surface area (TPSA) is 49.1 Å². The van der Waals surface area contributed by atoms with Crippen LogP contribution < -0.4 is 9.64 Å². The highest BCUT2D eigenvalue weighted by molar-refractivity contribution is 5.42. The van der Waals surface area contributed by atoms with Crippen LogP contribution in [0.3, 0.4) is 0 Å². The van der Waals surface area contributed by atoms with Crippen LogP contribution in [0.1, 0.15) is 11.3 Å². The van der Waals surface area contributed by atoms with E-state index >= 15 is 0 Å². The molecule has 1 heterocycles. The summed E-state index contributed by atoms with van der Waals surface area (Å²) < 4.78 is 5.13. The first-order valence-electron chi connectivity index (χ1n) is 5.94. The standard InChI is InChI=1S/C15H15N3O/c1-18(15-5-3-4-13(10-16)17-15)11-12-6-8-14(19-2)9-7-12/h3-9H,11H2,1-2H3. The lowest BCUT2D eigenvalue weighted by atomic mass is 10.2. The molecule has 0 aliphatic carbocycles. The minimum atomic E-state index is 0.430. The molecule has 0 fully saturated rings. The fourth-order valence-electron chi connectivity index (χ4n) is 1.78. The number of hydrogen-bond donors (Lipinski definition) is 0. The molecule has 0 saturated carbocycles. The van der Waals surface area contributed by atoms with Crippen LogP contribution in [-0.2, 0) is 6.54 Å². The van der Waals surface area contributed by atoms with Crippen molar-refractivity contribution in [3.63, 3.8) is 0 Å². The fourth-order valence-corrected chi connectivity index (χ4v) is 1.78. The Hall–Kier alpha value is -2.54. The van der Waals surface area contributed by atoms with Gasteiger partial charge in [-0.3, -0.25) is 0 Å². The maximum atomic E-state index is 8.85. The van der Waals surface area contributed by atoms with Crippen LogP contribution in [0, 0.1) is 11.3 Å². The van der Waals surface area contributed by atoms with Gasteiger partial charge in [0.05, 0.1) is 7.11 Å². The molecule has 4 nitrogen and oxygen atoms in total. The van der Waals surface area contributed by atoms with Crippen molar-refractivity contribution in [1.29, 1.82) is 5.26 Å². The third kappa shape index (κ3) is 3.23. The van der Waals surface area contributed by atoms with E-state index in [0.717, 1.165) is 23.7 Å². The first-order valence-corrected chi connectivity index (χ1v) is 5.94. The number of methoxy groups -OCH3 is 1. The van der Waals surface area contributed by atoms with Crippen LogP contribution in [0.25, 0.3) is 0 Å². The van der Waals surface area contributed by atoms with Crippen LogP contribution in [0.2, 0.25) is 0 Å². The summed E-state index contributed by atoms with van der Waals surface area (Å²) in [5.41, 5.74) is 1.59. The average Bonchev–Trinajstić information content (AvgIpc) is 2.48. The number of ether oxygens (including phenoxy) is 1. The summed E-state index contributed by atoms with van der Waals surface area (Å²) in [5, 5.41) is 8.85. The lowest BCUT2D eigenvalue weighted by molar-refractivity contribution is 0.414. The molecule has 1 aromatic carbocycles. The Bertz CT molecular complexity index is 587. The Morgan fingerprint density at radius 1 is 1.21 bits per heavy atom. The lowest BCUT2D eigenvalue weighted by Crippen LogP contribution is -2.17. The Balaban J connectivity index is 2.11. The molecule has 2 aromatic rings. The molecule has 0 amide bonds. The summed E-state index contributed by atoms with van der Waals surface area (Å²) in [6, 6.07) is 15.4. The smallest absolute Gasteiger partial charge is 0.142 e. The Morgan fingerprint density at radius 2 is 1.95 bits per heavy atom. The molecule has 0 N–H and O–H groups in total. The number of pyridine rings is 1. The van der Waals surface area contributed by atoms with Crippen LogP contribution in [0.5, 0.6) is 5.75 Å². The second-order valence-electron chi connectivity index (χ2n) is 4.20. The molecule has 0 bridgehead atoms. The Morgan fingerprint density at radius 3 is 2.58 bits per heavy atom. The number of rotatable bonds is 4. The van der Waals surface area contributed by atoms with Gasteiger partial charge >= 0.3 is 0 Å². The molecule has 0 aliphatic rings. The van der Waals surface area contributed by atoms with Gasteiger partial charge in [-0.1, -0.05) is 18.2 Å². The minimum Gasteiger partial charge on any atom is -0.497 e. The molecule has 0 saturated heterocycles.